The molecule has 1 atom stereocenters. The molecule has 1 unspecified atom stereocenters. The molecule has 0 spiro atoms. The number of rotatable bonds is 7. The van der Waals surface area contributed by atoms with Crippen LogP contribution >= 0.6 is 23.2 Å². The van der Waals surface area contributed by atoms with E-state index in [9.17, 15) is 14.4 Å². The van der Waals surface area contributed by atoms with E-state index in [4.69, 9.17) is 23.2 Å². The second-order valence-electron chi connectivity index (χ2n) is 7.88. The topological polar surface area (TPSA) is 69.7 Å². The van der Waals surface area contributed by atoms with Crippen molar-refractivity contribution in [2.45, 2.75) is 39.3 Å². The fraction of sp³-hybridized carbons (Fsp3) is 0.348. The quantitative estimate of drug-likeness (QED) is 0.616. The molecular formula is C23H25Cl2N3O3. The molecule has 164 valence electrons. The predicted octanol–water partition coefficient (Wildman–Crippen LogP) is 4.51. The zero-order chi connectivity index (χ0) is 22.8. The highest BCUT2D eigenvalue weighted by Crippen LogP contribution is 2.33. The van der Waals surface area contributed by atoms with Gasteiger partial charge < -0.3 is 10.2 Å². The molecule has 0 bridgehead atoms. The summed E-state index contributed by atoms with van der Waals surface area (Å²) in [4.78, 5) is 41.4. The van der Waals surface area contributed by atoms with E-state index < -0.39 is 17.5 Å². The lowest BCUT2D eigenvalue weighted by molar-refractivity contribution is -0.139. The smallest absolute Gasteiger partial charge is 0.325 e. The van der Waals surface area contributed by atoms with Crippen molar-refractivity contribution in [3.8, 4) is 0 Å². The number of nitrogens with zero attached hydrogens (tertiary/aromatic N) is 2. The van der Waals surface area contributed by atoms with Crippen LogP contribution in [0.4, 0.5) is 4.79 Å². The zero-order valence-electron chi connectivity index (χ0n) is 17.7. The summed E-state index contributed by atoms with van der Waals surface area (Å²) in [5.41, 5.74) is 1.31. The summed E-state index contributed by atoms with van der Waals surface area (Å²) in [7, 11) is 0. The molecule has 31 heavy (non-hydrogen) atoms. The van der Waals surface area contributed by atoms with Crippen LogP contribution in [0.2, 0.25) is 10.0 Å². The number of urea groups is 1. The SMILES string of the molecule is CCCN(Cc1ccc(C)cc1)C(=O)CN1C(=O)NC(C)(c2ccc(Cl)c(Cl)c2)C1=O. The van der Waals surface area contributed by atoms with Crippen LogP contribution in [0.1, 0.15) is 37.0 Å². The monoisotopic (exact) mass is 461 g/mol. The van der Waals surface area contributed by atoms with Gasteiger partial charge in [-0.05, 0) is 43.5 Å². The summed E-state index contributed by atoms with van der Waals surface area (Å²) in [5.74, 6) is -0.791. The molecule has 2 aromatic rings. The Bertz CT molecular complexity index is 1010. The average molecular weight is 462 g/mol. The van der Waals surface area contributed by atoms with E-state index in [0.717, 1.165) is 22.4 Å². The molecule has 1 aliphatic heterocycles. The lowest BCUT2D eigenvalue weighted by Crippen LogP contribution is -2.44. The molecule has 6 nitrogen and oxygen atoms in total. The molecule has 0 saturated carbocycles. The Balaban J connectivity index is 1.77. The van der Waals surface area contributed by atoms with Crippen molar-refractivity contribution < 1.29 is 14.4 Å². The van der Waals surface area contributed by atoms with E-state index in [1.165, 1.54) is 0 Å². The Morgan fingerprint density at radius 2 is 1.77 bits per heavy atom. The zero-order valence-corrected chi connectivity index (χ0v) is 19.3. The first kappa shape index (κ1) is 23.1. The van der Waals surface area contributed by atoms with Crippen molar-refractivity contribution in [1.82, 2.24) is 15.1 Å². The fourth-order valence-electron chi connectivity index (χ4n) is 3.55. The molecule has 0 aromatic heterocycles. The molecule has 1 aliphatic rings. The molecular weight excluding hydrogens is 437 g/mol. The fourth-order valence-corrected chi connectivity index (χ4v) is 3.85. The Labute approximate surface area is 192 Å². The minimum atomic E-state index is -1.32. The maximum absolute atomic E-state index is 13.1. The van der Waals surface area contributed by atoms with Gasteiger partial charge in [0, 0.05) is 13.1 Å². The third-order valence-electron chi connectivity index (χ3n) is 5.41. The number of imide groups is 1. The maximum Gasteiger partial charge on any atom is 0.325 e. The standard InChI is InChI=1S/C23H25Cl2N3O3/c1-4-11-27(13-16-7-5-15(2)6-8-16)20(29)14-28-21(30)23(3,26-22(28)31)17-9-10-18(24)19(25)12-17/h5-10,12H,4,11,13-14H2,1-3H3,(H,26,31). The van der Waals surface area contributed by atoms with Gasteiger partial charge in [-0.1, -0.05) is 66.0 Å². The molecule has 0 radical (unpaired) electrons. The number of benzene rings is 2. The number of halogens is 2. The van der Waals surface area contributed by atoms with Crippen LogP contribution in [0.3, 0.4) is 0 Å². The average Bonchev–Trinajstić information content (AvgIpc) is 2.95. The molecule has 0 aliphatic carbocycles. The van der Waals surface area contributed by atoms with Crippen LogP contribution in [-0.4, -0.2) is 40.7 Å². The van der Waals surface area contributed by atoms with Crippen LogP contribution in [-0.2, 0) is 21.7 Å². The summed E-state index contributed by atoms with van der Waals surface area (Å²) in [5, 5.41) is 3.32. The molecule has 1 saturated heterocycles. The minimum absolute atomic E-state index is 0.282. The normalized spacial score (nSPS) is 18.3. The van der Waals surface area contributed by atoms with Crippen LogP contribution in [0.5, 0.6) is 0 Å². The first-order valence-corrected chi connectivity index (χ1v) is 10.8. The third-order valence-corrected chi connectivity index (χ3v) is 6.14. The van der Waals surface area contributed by atoms with Crippen LogP contribution in [0.25, 0.3) is 0 Å². The predicted molar refractivity (Wildman–Crippen MR) is 121 cm³/mol. The summed E-state index contributed by atoms with van der Waals surface area (Å²) in [6.45, 7) is 6.19. The summed E-state index contributed by atoms with van der Waals surface area (Å²) < 4.78 is 0. The van der Waals surface area contributed by atoms with E-state index in [0.29, 0.717) is 23.7 Å². The lowest BCUT2D eigenvalue weighted by Gasteiger charge is -2.25. The van der Waals surface area contributed by atoms with Gasteiger partial charge in [0.25, 0.3) is 5.91 Å². The summed E-state index contributed by atoms with van der Waals surface area (Å²) >= 11 is 12.1. The van der Waals surface area contributed by atoms with Crippen molar-refractivity contribution >= 4 is 41.0 Å². The second kappa shape index (κ2) is 9.28. The Kier molecular flexibility index (Phi) is 6.92. The molecule has 8 heteroatoms. The van der Waals surface area contributed by atoms with E-state index >= 15 is 0 Å². The summed E-state index contributed by atoms with van der Waals surface area (Å²) in [6.07, 6.45) is 0.763. The highest BCUT2D eigenvalue weighted by molar-refractivity contribution is 6.42. The molecule has 1 N–H and O–H groups in total. The van der Waals surface area contributed by atoms with Crippen LogP contribution in [0, 0.1) is 6.92 Å². The van der Waals surface area contributed by atoms with Crippen molar-refractivity contribution in [1.29, 1.82) is 0 Å². The van der Waals surface area contributed by atoms with Gasteiger partial charge >= 0.3 is 6.03 Å². The van der Waals surface area contributed by atoms with Gasteiger partial charge in [-0.15, -0.1) is 0 Å². The number of carbonyl (C=O) groups is 3. The highest BCUT2D eigenvalue weighted by Gasteiger charge is 2.49. The number of amides is 4. The number of hydrogen-bond acceptors (Lipinski definition) is 3. The summed E-state index contributed by atoms with van der Waals surface area (Å²) in [6, 6.07) is 12.1. The van der Waals surface area contributed by atoms with Gasteiger partial charge in [0.1, 0.15) is 12.1 Å². The number of aryl methyl sites for hydroxylation is 1. The first-order valence-electron chi connectivity index (χ1n) is 10.1. The van der Waals surface area contributed by atoms with Gasteiger partial charge in [0.05, 0.1) is 10.0 Å². The van der Waals surface area contributed by atoms with Crippen LogP contribution < -0.4 is 5.32 Å². The molecule has 4 amide bonds. The minimum Gasteiger partial charge on any atom is -0.337 e. The van der Waals surface area contributed by atoms with E-state index in [-0.39, 0.29) is 17.5 Å². The lowest BCUT2D eigenvalue weighted by atomic mass is 9.92. The van der Waals surface area contributed by atoms with Crippen molar-refractivity contribution in [2.24, 2.45) is 0 Å². The van der Waals surface area contributed by atoms with Gasteiger partial charge in [0.2, 0.25) is 5.91 Å². The van der Waals surface area contributed by atoms with E-state index in [2.05, 4.69) is 5.32 Å². The van der Waals surface area contributed by atoms with Crippen molar-refractivity contribution in [2.75, 3.05) is 13.1 Å². The van der Waals surface area contributed by atoms with E-state index in [1.54, 1.807) is 30.0 Å². The molecule has 3 rings (SSSR count). The second-order valence-corrected chi connectivity index (χ2v) is 8.69. The van der Waals surface area contributed by atoms with Crippen molar-refractivity contribution in [3.63, 3.8) is 0 Å². The van der Waals surface area contributed by atoms with Gasteiger partial charge in [0.15, 0.2) is 0 Å². The van der Waals surface area contributed by atoms with Gasteiger partial charge in [-0.3, -0.25) is 14.5 Å². The molecule has 1 fully saturated rings. The molecule has 1 heterocycles. The Hall–Kier alpha value is -2.57. The number of nitrogens with one attached hydrogen (secondary N) is 1. The first-order chi connectivity index (χ1) is 14.7. The number of carbonyl (C=O) groups excluding carboxylic acids is 3. The Morgan fingerprint density at radius 1 is 1.10 bits per heavy atom. The van der Waals surface area contributed by atoms with Gasteiger partial charge in [-0.25, -0.2) is 4.79 Å². The third kappa shape index (κ3) is 4.86. The van der Waals surface area contributed by atoms with Crippen molar-refractivity contribution in [3.05, 3.63) is 69.2 Å². The van der Waals surface area contributed by atoms with Gasteiger partial charge in [-0.2, -0.15) is 0 Å². The number of hydrogen-bond donors (Lipinski definition) is 1. The highest BCUT2D eigenvalue weighted by atomic mass is 35.5. The molecule has 2 aromatic carbocycles. The largest absolute Gasteiger partial charge is 0.337 e. The maximum atomic E-state index is 13.1. The van der Waals surface area contributed by atoms with Crippen LogP contribution in [0.15, 0.2) is 42.5 Å². The van der Waals surface area contributed by atoms with E-state index in [1.807, 2.05) is 38.1 Å². The Morgan fingerprint density at radius 3 is 2.39 bits per heavy atom.